The van der Waals surface area contributed by atoms with Crippen LogP contribution in [0.2, 0.25) is 5.02 Å². The smallest absolute Gasteiger partial charge is 0.192 e. The molecular formula is C17H17ClO3. The van der Waals surface area contributed by atoms with Gasteiger partial charge in [0.05, 0.1) is 19.3 Å². The Hall–Kier alpha value is -1.84. The molecule has 2 aromatic rings. The van der Waals surface area contributed by atoms with Crippen LogP contribution in [0.1, 0.15) is 21.5 Å². The number of carbonyl (C=O) groups excluding carboxylic acids is 1. The van der Waals surface area contributed by atoms with Gasteiger partial charge in [0.1, 0.15) is 12.4 Å². The molecule has 2 aromatic carbocycles. The van der Waals surface area contributed by atoms with Crippen LogP contribution in [0.3, 0.4) is 0 Å². The number of hydrogen-bond acceptors (Lipinski definition) is 3. The van der Waals surface area contributed by atoms with Gasteiger partial charge in [0, 0.05) is 5.02 Å². The molecule has 0 radical (unpaired) electrons. The number of halogens is 1. The number of benzene rings is 2. The van der Waals surface area contributed by atoms with Crippen LogP contribution in [0.25, 0.3) is 0 Å². The zero-order chi connectivity index (χ0) is 15.2. The average Bonchev–Trinajstić information content (AvgIpc) is 2.48. The number of carbonyl (C=O) groups is 1. The van der Waals surface area contributed by atoms with Crippen LogP contribution >= 0.6 is 11.6 Å². The van der Waals surface area contributed by atoms with E-state index in [1.165, 1.54) is 0 Å². The van der Waals surface area contributed by atoms with E-state index in [0.29, 0.717) is 22.9 Å². The lowest BCUT2D eigenvalue weighted by atomic mass is 10.1. The first-order valence-electron chi connectivity index (χ1n) is 6.61. The normalized spacial score (nSPS) is 10.4. The highest BCUT2D eigenvalue weighted by Crippen LogP contribution is 2.21. The van der Waals surface area contributed by atoms with Crippen LogP contribution < -0.4 is 4.74 Å². The predicted octanol–water partition coefficient (Wildman–Crippen LogP) is 4.06. The molecule has 0 atom stereocenters. The Morgan fingerprint density at radius 2 is 1.95 bits per heavy atom. The second-order valence-corrected chi connectivity index (χ2v) is 5.12. The van der Waals surface area contributed by atoms with Crippen LogP contribution in [-0.2, 0) is 11.3 Å². The molecular weight excluding hydrogens is 288 g/mol. The topological polar surface area (TPSA) is 35.5 Å². The summed E-state index contributed by atoms with van der Waals surface area (Å²) in [6, 6.07) is 12.9. The summed E-state index contributed by atoms with van der Waals surface area (Å²) in [6.07, 6.45) is 0. The molecule has 0 aliphatic rings. The van der Waals surface area contributed by atoms with Gasteiger partial charge in [-0.2, -0.15) is 0 Å². The van der Waals surface area contributed by atoms with Crippen LogP contribution in [0.4, 0.5) is 0 Å². The third-order valence-corrected chi connectivity index (χ3v) is 3.47. The van der Waals surface area contributed by atoms with Gasteiger partial charge >= 0.3 is 0 Å². The van der Waals surface area contributed by atoms with E-state index in [4.69, 9.17) is 21.1 Å². The lowest BCUT2D eigenvalue weighted by molar-refractivity contribution is 0.0724. The Morgan fingerprint density at radius 3 is 2.67 bits per heavy atom. The predicted molar refractivity (Wildman–Crippen MR) is 83.2 cm³/mol. The summed E-state index contributed by atoms with van der Waals surface area (Å²) in [6.45, 7) is 2.24. The van der Waals surface area contributed by atoms with Crippen molar-refractivity contribution in [3.05, 3.63) is 64.2 Å². The highest BCUT2D eigenvalue weighted by Gasteiger charge is 2.12. The molecule has 110 valence electrons. The molecule has 0 spiro atoms. The Morgan fingerprint density at radius 1 is 1.19 bits per heavy atom. The van der Waals surface area contributed by atoms with E-state index in [-0.39, 0.29) is 12.4 Å². The minimum Gasteiger partial charge on any atom is -0.496 e. The number of hydrogen-bond donors (Lipinski definition) is 0. The molecule has 0 unspecified atom stereocenters. The average molecular weight is 305 g/mol. The lowest BCUT2D eigenvalue weighted by Crippen LogP contribution is -2.10. The maximum Gasteiger partial charge on any atom is 0.192 e. The molecule has 0 aromatic heterocycles. The molecule has 0 N–H and O–H groups in total. The van der Waals surface area contributed by atoms with Crippen molar-refractivity contribution >= 4 is 17.4 Å². The molecule has 0 amide bonds. The van der Waals surface area contributed by atoms with Gasteiger partial charge in [-0.15, -0.1) is 0 Å². The van der Waals surface area contributed by atoms with Gasteiger partial charge in [-0.05, 0) is 36.2 Å². The van der Waals surface area contributed by atoms with Crippen molar-refractivity contribution in [2.24, 2.45) is 0 Å². The van der Waals surface area contributed by atoms with E-state index in [2.05, 4.69) is 0 Å². The second kappa shape index (κ2) is 7.25. The largest absolute Gasteiger partial charge is 0.496 e. The third kappa shape index (κ3) is 4.06. The Balaban J connectivity index is 1.98. The highest BCUT2D eigenvalue weighted by atomic mass is 35.5. The SMILES string of the molecule is COc1cc(C)ccc1C(=O)COCc1ccccc1Cl. The van der Waals surface area contributed by atoms with Crippen molar-refractivity contribution in [1.82, 2.24) is 0 Å². The van der Waals surface area contributed by atoms with Crippen molar-refractivity contribution in [2.75, 3.05) is 13.7 Å². The number of ketones is 1. The van der Waals surface area contributed by atoms with Crippen molar-refractivity contribution in [3.63, 3.8) is 0 Å². The molecule has 0 aliphatic heterocycles. The summed E-state index contributed by atoms with van der Waals surface area (Å²) in [5.74, 6) is 0.459. The zero-order valence-corrected chi connectivity index (χ0v) is 12.8. The lowest BCUT2D eigenvalue weighted by Gasteiger charge is -2.09. The summed E-state index contributed by atoms with van der Waals surface area (Å²) in [5, 5.41) is 0.637. The molecule has 2 rings (SSSR count). The molecule has 0 bridgehead atoms. The van der Waals surface area contributed by atoms with Crippen LogP contribution in [0.5, 0.6) is 5.75 Å². The van der Waals surface area contributed by atoms with Gasteiger partial charge in [0.2, 0.25) is 0 Å². The number of rotatable bonds is 6. The van der Waals surface area contributed by atoms with E-state index in [1.807, 2.05) is 37.3 Å². The van der Waals surface area contributed by atoms with Gasteiger partial charge < -0.3 is 9.47 Å². The molecule has 21 heavy (non-hydrogen) atoms. The summed E-state index contributed by atoms with van der Waals surface area (Å²) < 4.78 is 10.7. The van der Waals surface area contributed by atoms with Gasteiger partial charge in [-0.1, -0.05) is 35.9 Å². The van der Waals surface area contributed by atoms with Crippen LogP contribution in [-0.4, -0.2) is 19.5 Å². The van der Waals surface area contributed by atoms with Gasteiger partial charge in [0.25, 0.3) is 0 Å². The van der Waals surface area contributed by atoms with Gasteiger partial charge in [0.15, 0.2) is 5.78 Å². The number of aryl methyl sites for hydroxylation is 1. The molecule has 0 saturated heterocycles. The van der Waals surface area contributed by atoms with Crippen molar-refractivity contribution < 1.29 is 14.3 Å². The highest BCUT2D eigenvalue weighted by molar-refractivity contribution is 6.31. The molecule has 4 heteroatoms. The fourth-order valence-corrected chi connectivity index (χ4v) is 2.17. The minimum absolute atomic E-state index is 0.00928. The van der Waals surface area contributed by atoms with E-state index < -0.39 is 0 Å². The van der Waals surface area contributed by atoms with E-state index in [9.17, 15) is 4.79 Å². The van der Waals surface area contributed by atoms with Crippen molar-refractivity contribution in [3.8, 4) is 5.75 Å². The zero-order valence-electron chi connectivity index (χ0n) is 12.1. The van der Waals surface area contributed by atoms with E-state index in [1.54, 1.807) is 19.2 Å². The first-order valence-corrected chi connectivity index (χ1v) is 6.98. The Kier molecular flexibility index (Phi) is 5.37. The first-order chi connectivity index (χ1) is 10.1. The van der Waals surface area contributed by atoms with Crippen molar-refractivity contribution in [2.45, 2.75) is 13.5 Å². The summed E-state index contributed by atoms with van der Waals surface area (Å²) in [5.41, 5.74) is 2.44. The molecule has 0 aliphatic carbocycles. The number of methoxy groups -OCH3 is 1. The summed E-state index contributed by atoms with van der Waals surface area (Å²) in [7, 11) is 1.55. The Labute approximate surface area is 129 Å². The van der Waals surface area contributed by atoms with Crippen molar-refractivity contribution in [1.29, 1.82) is 0 Å². The summed E-state index contributed by atoms with van der Waals surface area (Å²) >= 11 is 6.04. The van der Waals surface area contributed by atoms with E-state index >= 15 is 0 Å². The molecule has 0 saturated carbocycles. The standard InChI is InChI=1S/C17H17ClO3/c1-12-7-8-14(17(9-12)20-2)16(19)11-21-10-13-5-3-4-6-15(13)18/h3-9H,10-11H2,1-2H3. The molecule has 0 fully saturated rings. The number of ether oxygens (including phenoxy) is 2. The van der Waals surface area contributed by atoms with Gasteiger partial charge in [-0.3, -0.25) is 4.79 Å². The number of Topliss-reactive ketones (excluding diaryl/α,β-unsaturated/α-hetero) is 1. The third-order valence-electron chi connectivity index (χ3n) is 3.11. The van der Waals surface area contributed by atoms with Crippen LogP contribution in [0.15, 0.2) is 42.5 Å². The maximum absolute atomic E-state index is 12.2. The van der Waals surface area contributed by atoms with Gasteiger partial charge in [-0.25, -0.2) is 0 Å². The first kappa shape index (κ1) is 15.5. The second-order valence-electron chi connectivity index (χ2n) is 4.71. The van der Waals surface area contributed by atoms with E-state index in [0.717, 1.165) is 11.1 Å². The van der Waals surface area contributed by atoms with Crippen LogP contribution in [0, 0.1) is 6.92 Å². The fourth-order valence-electron chi connectivity index (χ4n) is 1.98. The molecule has 3 nitrogen and oxygen atoms in total. The minimum atomic E-state index is -0.112. The maximum atomic E-state index is 12.2. The summed E-state index contributed by atoms with van der Waals surface area (Å²) in [4.78, 5) is 12.2. The fraction of sp³-hybridized carbons (Fsp3) is 0.235. The molecule has 0 heterocycles. The monoisotopic (exact) mass is 304 g/mol. The quantitative estimate of drug-likeness (QED) is 0.755. The Bertz CT molecular complexity index is 638.